The highest BCUT2D eigenvalue weighted by atomic mass is 32.2. The summed E-state index contributed by atoms with van der Waals surface area (Å²) in [6, 6.07) is 0. The minimum absolute atomic E-state index is 0.101. The fourth-order valence-electron chi connectivity index (χ4n) is 2.11. The largest absolute Gasteiger partial charge is 0.481 e. The van der Waals surface area contributed by atoms with Crippen molar-refractivity contribution in [2.45, 2.75) is 18.0 Å². The number of carboxylic acids is 1. The smallest absolute Gasteiger partial charge is 0.315 e. The van der Waals surface area contributed by atoms with E-state index in [1.807, 2.05) is 0 Å². The molecule has 4 N–H and O–H groups in total. The van der Waals surface area contributed by atoms with Crippen molar-refractivity contribution in [3.8, 4) is 0 Å². The molecule has 2 unspecified atom stereocenters. The summed E-state index contributed by atoms with van der Waals surface area (Å²) in [4.78, 5) is 35.0. The second kappa shape index (κ2) is 4.36. The average molecular weight is 290 g/mol. The van der Waals surface area contributed by atoms with E-state index in [0.717, 1.165) is 11.8 Å². The first-order chi connectivity index (χ1) is 8.70. The molecular weight excluding hydrogens is 276 g/mol. The van der Waals surface area contributed by atoms with Crippen molar-refractivity contribution in [3.63, 3.8) is 0 Å². The Morgan fingerprint density at radius 2 is 2.26 bits per heavy atom. The molecule has 2 rings (SSSR count). The first kappa shape index (κ1) is 14.1. The highest BCUT2D eigenvalue weighted by Crippen LogP contribution is 2.45. The molecule has 0 saturated carbocycles. The summed E-state index contributed by atoms with van der Waals surface area (Å²) in [6.45, 7) is 0.734. The summed E-state index contributed by atoms with van der Waals surface area (Å²) in [7, 11) is 0. The fourth-order valence-corrected chi connectivity index (χ4v) is 3.59. The van der Waals surface area contributed by atoms with Crippen LogP contribution in [-0.2, 0) is 19.1 Å². The molecule has 19 heavy (non-hydrogen) atoms. The Morgan fingerprint density at radius 1 is 1.63 bits per heavy atom. The molecule has 9 heteroatoms. The van der Waals surface area contributed by atoms with Gasteiger partial charge in [0.25, 0.3) is 5.91 Å². The van der Waals surface area contributed by atoms with E-state index in [1.165, 1.54) is 11.8 Å². The van der Waals surface area contributed by atoms with Crippen LogP contribution in [0, 0.1) is 5.41 Å². The zero-order valence-corrected chi connectivity index (χ0v) is 11.0. The van der Waals surface area contributed by atoms with Crippen molar-refractivity contribution < 1.29 is 29.3 Å². The Kier molecular flexibility index (Phi) is 3.23. The van der Waals surface area contributed by atoms with Crippen molar-refractivity contribution in [1.29, 1.82) is 0 Å². The normalized spacial score (nSPS) is 37.3. The van der Waals surface area contributed by atoms with Gasteiger partial charge >= 0.3 is 11.9 Å². The molecule has 1 amide bonds. The maximum Gasteiger partial charge on any atom is 0.315 e. The number of carbonyl (C=O) groups is 3. The van der Waals surface area contributed by atoms with E-state index in [2.05, 4.69) is 0 Å². The van der Waals surface area contributed by atoms with Gasteiger partial charge in [-0.1, -0.05) is 0 Å². The molecule has 0 aromatic rings. The van der Waals surface area contributed by atoms with E-state index in [0.29, 0.717) is 0 Å². The summed E-state index contributed by atoms with van der Waals surface area (Å²) in [5, 5.41) is 18.3. The molecule has 3 atom stereocenters. The van der Waals surface area contributed by atoms with Crippen molar-refractivity contribution in [3.05, 3.63) is 0 Å². The molecule has 2 heterocycles. The number of nitrogens with two attached hydrogens (primary N) is 1. The van der Waals surface area contributed by atoms with Gasteiger partial charge in [0, 0.05) is 19.2 Å². The summed E-state index contributed by atoms with van der Waals surface area (Å²) in [6.07, 6.45) is 0. The van der Waals surface area contributed by atoms with E-state index in [1.54, 1.807) is 0 Å². The number of thioether (sulfide) groups is 1. The van der Waals surface area contributed by atoms with Gasteiger partial charge in [0.05, 0.1) is 0 Å². The lowest BCUT2D eigenvalue weighted by Gasteiger charge is -2.55. The lowest BCUT2D eigenvalue weighted by Crippen LogP contribution is -2.80. The predicted molar refractivity (Wildman–Crippen MR) is 63.8 cm³/mol. The number of ether oxygens (including phenoxy) is 1. The second-order valence-corrected chi connectivity index (χ2v) is 5.86. The number of aliphatic hydroxyl groups is 1. The number of β-lactam (4-membered cyclic amide) rings is 1. The maximum atomic E-state index is 11.6. The topological polar surface area (TPSA) is 130 Å². The third-order valence-electron chi connectivity index (χ3n) is 3.26. The van der Waals surface area contributed by atoms with Crippen LogP contribution in [0.2, 0.25) is 0 Å². The Bertz CT molecular complexity index is 453. The summed E-state index contributed by atoms with van der Waals surface area (Å²) in [5.74, 6) is -2.35. The summed E-state index contributed by atoms with van der Waals surface area (Å²) >= 11 is 1.07. The number of aliphatic carboxylic acids is 1. The first-order valence-electron chi connectivity index (χ1n) is 5.51. The predicted octanol–water partition coefficient (Wildman–Crippen LogP) is -1.82. The van der Waals surface area contributed by atoms with Crippen LogP contribution < -0.4 is 5.73 Å². The number of nitrogens with zero attached hydrogens (tertiary/aromatic N) is 1. The van der Waals surface area contributed by atoms with Crippen LogP contribution in [0.3, 0.4) is 0 Å². The third kappa shape index (κ3) is 2.07. The molecule has 2 saturated heterocycles. The van der Waals surface area contributed by atoms with Gasteiger partial charge in [-0.2, -0.15) is 0 Å². The molecular formula is C10H14N2O6S. The van der Waals surface area contributed by atoms with Gasteiger partial charge in [-0.3, -0.25) is 20.1 Å². The van der Waals surface area contributed by atoms with Crippen molar-refractivity contribution in [1.82, 2.24) is 4.90 Å². The standard InChI is InChI=1S/C10H14N2O6S/c1-5(13)18-3-9(8(15)16)2-12-6(14)10(11,17)7(12)19-4-9/h7,17H,2-4,11H2,1H3,(H,15,16)/t7-,9?,10?/m1/s1. The molecule has 0 aromatic heterocycles. The maximum absolute atomic E-state index is 11.6. The molecule has 0 radical (unpaired) electrons. The average Bonchev–Trinajstić information content (AvgIpc) is 2.35. The number of amides is 1. The second-order valence-electron chi connectivity index (χ2n) is 4.79. The van der Waals surface area contributed by atoms with Crippen molar-refractivity contribution in [2.24, 2.45) is 11.1 Å². The minimum atomic E-state index is -1.93. The SMILES string of the molecule is CC(=O)OCC1(C(=O)O)CS[C@H]2N(C1)C(=O)C2(N)O. The van der Waals surface area contributed by atoms with Crippen LogP contribution in [0.1, 0.15) is 6.92 Å². The van der Waals surface area contributed by atoms with Gasteiger partial charge in [0.2, 0.25) is 5.72 Å². The number of rotatable bonds is 3. The fraction of sp³-hybridized carbons (Fsp3) is 0.700. The van der Waals surface area contributed by atoms with E-state index in [4.69, 9.17) is 10.5 Å². The van der Waals surface area contributed by atoms with Gasteiger partial charge < -0.3 is 19.8 Å². The van der Waals surface area contributed by atoms with Crippen LogP contribution in [0.4, 0.5) is 0 Å². The molecule has 2 aliphatic heterocycles. The number of hydrogen-bond donors (Lipinski definition) is 3. The van der Waals surface area contributed by atoms with E-state index < -0.39 is 34.4 Å². The molecule has 2 fully saturated rings. The van der Waals surface area contributed by atoms with Gasteiger partial charge in [0.1, 0.15) is 17.4 Å². The lowest BCUT2D eigenvalue weighted by atomic mass is 9.87. The number of carboxylic acid groups (broad SMARTS) is 1. The Morgan fingerprint density at radius 3 is 2.79 bits per heavy atom. The number of esters is 1. The number of fused-ring (bicyclic) bond motifs is 1. The Balaban J connectivity index is 2.14. The van der Waals surface area contributed by atoms with E-state index >= 15 is 0 Å². The van der Waals surface area contributed by atoms with Crippen molar-refractivity contribution >= 4 is 29.6 Å². The van der Waals surface area contributed by atoms with Crippen LogP contribution >= 0.6 is 11.8 Å². The minimum Gasteiger partial charge on any atom is -0.481 e. The molecule has 0 bridgehead atoms. The van der Waals surface area contributed by atoms with Gasteiger partial charge in [-0.15, -0.1) is 11.8 Å². The number of hydrogen-bond acceptors (Lipinski definition) is 7. The molecule has 0 spiro atoms. The molecule has 2 aliphatic rings. The van der Waals surface area contributed by atoms with Gasteiger partial charge in [-0.25, -0.2) is 0 Å². The highest BCUT2D eigenvalue weighted by Gasteiger charge is 2.64. The zero-order chi connectivity index (χ0) is 14.4. The molecule has 8 nitrogen and oxygen atoms in total. The van der Waals surface area contributed by atoms with E-state index in [-0.39, 0.29) is 18.9 Å². The third-order valence-corrected chi connectivity index (χ3v) is 4.91. The van der Waals surface area contributed by atoms with Crippen LogP contribution in [0.25, 0.3) is 0 Å². The Hall–Kier alpha value is -1.32. The van der Waals surface area contributed by atoms with Gasteiger partial charge in [-0.05, 0) is 0 Å². The van der Waals surface area contributed by atoms with Gasteiger partial charge in [0.15, 0.2) is 0 Å². The Labute approximate surface area is 112 Å². The van der Waals surface area contributed by atoms with Crippen LogP contribution in [0.15, 0.2) is 0 Å². The zero-order valence-electron chi connectivity index (χ0n) is 10.2. The van der Waals surface area contributed by atoms with E-state index in [9.17, 15) is 24.6 Å². The monoisotopic (exact) mass is 290 g/mol. The van der Waals surface area contributed by atoms with Crippen molar-refractivity contribution in [2.75, 3.05) is 18.9 Å². The lowest BCUT2D eigenvalue weighted by molar-refractivity contribution is -0.187. The van der Waals surface area contributed by atoms with Crippen LogP contribution in [0.5, 0.6) is 0 Å². The quantitative estimate of drug-likeness (QED) is 0.315. The summed E-state index contributed by atoms with van der Waals surface area (Å²) < 4.78 is 4.78. The molecule has 0 aromatic carbocycles. The first-order valence-corrected chi connectivity index (χ1v) is 6.56. The molecule has 106 valence electrons. The number of carbonyl (C=O) groups excluding carboxylic acids is 2. The van der Waals surface area contributed by atoms with Crippen LogP contribution in [-0.4, -0.2) is 63.0 Å². The highest BCUT2D eigenvalue weighted by molar-refractivity contribution is 8.00. The molecule has 0 aliphatic carbocycles. The summed E-state index contributed by atoms with van der Waals surface area (Å²) in [5.41, 5.74) is 2.12.